The van der Waals surface area contributed by atoms with Gasteiger partial charge in [-0.2, -0.15) is 0 Å². The highest BCUT2D eigenvalue weighted by Crippen LogP contribution is 2.16. The number of nitrogens with zero attached hydrogens (tertiary/aromatic N) is 1. The Balaban J connectivity index is 1.77. The molecule has 0 atom stereocenters. The van der Waals surface area contributed by atoms with Crippen LogP contribution in [0, 0.1) is 6.92 Å². The van der Waals surface area contributed by atoms with E-state index in [2.05, 4.69) is 10.3 Å². The Morgan fingerprint density at radius 1 is 1.22 bits per heavy atom. The lowest BCUT2D eigenvalue weighted by atomic mass is 10.1. The highest BCUT2D eigenvalue weighted by molar-refractivity contribution is 5.34. The van der Waals surface area contributed by atoms with Crippen LogP contribution in [-0.2, 0) is 13.0 Å². The lowest BCUT2D eigenvalue weighted by molar-refractivity contribution is 0.470. The van der Waals surface area contributed by atoms with E-state index >= 15 is 0 Å². The van der Waals surface area contributed by atoms with Gasteiger partial charge in [-0.15, -0.1) is 0 Å². The third kappa shape index (κ3) is 3.57. The molecular formula is C15H18N2O. The molecule has 0 unspecified atom stereocenters. The first-order valence-corrected chi connectivity index (χ1v) is 6.15. The monoisotopic (exact) mass is 242 g/mol. The Bertz CT molecular complexity index is 497. The zero-order valence-corrected chi connectivity index (χ0v) is 10.6. The fraction of sp³-hybridized carbons (Fsp3) is 0.267. The minimum absolute atomic E-state index is 0.354. The number of rotatable bonds is 5. The summed E-state index contributed by atoms with van der Waals surface area (Å²) in [6, 6.07) is 11.7. The number of pyridine rings is 1. The fourth-order valence-electron chi connectivity index (χ4n) is 1.82. The van der Waals surface area contributed by atoms with Crippen molar-refractivity contribution in [3.63, 3.8) is 0 Å². The smallest absolute Gasteiger partial charge is 0.118 e. The van der Waals surface area contributed by atoms with Crippen LogP contribution < -0.4 is 5.32 Å². The Labute approximate surface area is 108 Å². The van der Waals surface area contributed by atoms with Crippen molar-refractivity contribution in [2.75, 3.05) is 6.54 Å². The van der Waals surface area contributed by atoms with E-state index in [1.807, 2.05) is 43.5 Å². The highest BCUT2D eigenvalue weighted by atomic mass is 16.3. The van der Waals surface area contributed by atoms with Crippen LogP contribution >= 0.6 is 0 Å². The molecule has 2 N–H and O–H groups in total. The summed E-state index contributed by atoms with van der Waals surface area (Å²) in [7, 11) is 0. The fourth-order valence-corrected chi connectivity index (χ4v) is 1.82. The molecule has 1 heterocycles. The zero-order valence-electron chi connectivity index (χ0n) is 10.6. The molecule has 2 aromatic rings. The van der Waals surface area contributed by atoms with Crippen molar-refractivity contribution < 1.29 is 5.11 Å². The van der Waals surface area contributed by atoms with Crippen molar-refractivity contribution in [1.29, 1.82) is 0 Å². The van der Waals surface area contributed by atoms with Crippen LogP contribution in [0.1, 0.15) is 16.8 Å². The Kier molecular flexibility index (Phi) is 4.31. The molecule has 0 spiro atoms. The molecule has 0 saturated carbocycles. The number of phenolic OH excluding ortho intramolecular Hbond substituents is 1. The van der Waals surface area contributed by atoms with Gasteiger partial charge < -0.3 is 10.4 Å². The summed E-state index contributed by atoms with van der Waals surface area (Å²) < 4.78 is 0. The second-order valence-corrected chi connectivity index (χ2v) is 4.37. The largest absolute Gasteiger partial charge is 0.508 e. The minimum Gasteiger partial charge on any atom is -0.508 e. The van der Waals surface area contributed by atoms with Crippen molar-refractivity contribution in [2.24, 2.45) is 0 Å². The first-order valence-electron chi connectivity index (χ1n) is 6.15. The van der Waals surface area contributed by atoms with Gasteiger partial charge >= 0.3 is 0 Å². The number of phenols is 1. The highest BCUT2D eigenvalue weighted by Gasteiger charge is 1.98. The minimum atomic E-state index is 0.354. The average Bonchev–Trinajstić information content (AvgIpc) is 2.40. The summed E-state index contributed by atoms with van der Waals surface area (Å²) >= 11 is 0. The maximum absolute atomic E-state index is 9.44. The normalized spacial score (nSPS) is 10.5. The molecule has 94 valence electrons. The third-order valence-electron chi connectivity index (χ3n) is 2.87. The van der Waals surface area contributed by atoms with Crippen molar-refractivity contribution in [1.82, 2.24) is 10.3 Å². The third-order valence-corrected chi connectivity index (χ3v) is 2.87. The summed E-state index contributed by atoms with van der Waals surface area (Å²) in [5.74, 6) is 0.354. The van der Waals surface area contributed by atoms with Crippen LogP contribution in [-0.4, -0.2) is 16.6 Å². The van der Waals surface area contributed by atoms with E-state index in [4.69, 9.17) is 0 Å². The van der Waals surface area contributed by atoms with Crippen LogP contribution in [0.2, 0.25) is 0 Å². The molecule has 0 aliphatic heterocycles. The van der Waals surface area contributed by atoms with Gasteiger partial charge in [-0.1, -0.05) is 18.2 Å². The maximum Gasteiger partial charge on any atom is 0.118 e. The second-order valence-electron chi connectivity index (χ2n) is 4.37. The molecule has 1 aromatic carbocycles. The Hall–Kier alpha value is -1.87. The first-order chi connectivity index (χ1) is 8.75. The number of nitrogens with one attached hydrogen (secondary N) is 1. The van der Waals surface area contributed by atoms with E-state index in [9.17, 15) is 5.11 Å². The Morgan fingerprint density at radius 2 is 2.11 bits per heavy atom. The summed E-state index contributed by atoms with van der Waals surface area (Å²) in [5, 5.41) is 12.8. The summed E-state index contributed by atoms with van der Waals surface area (Å²) in [4.78, 5) is 4.28. The molecule has 3 heteroatoms. The molecule has 0 saturated heterocycles. The van der Waals surface area contributed by atoms with Crippen molar-refractivity contribution >= 4 is 0 Å². The number of aromatic hydroxyl groups is 1. The van der Waals surface area contributed by atoms with Gasteiger partial charge in [0.1, 0.15) is 5.75 Å². The van der Waals surface area contributed by atoms with E-state index in [1.54, 1.807) is 6.07 Å². The second kappa shape index (κ2) is 6.17. The maximum atomic E-state index is 9.44. The number of aryl methyl sites for hydroxylation is 1. The standard InChI is InChI=1S/C15H18N2O/c1-12-10-13(5-6-15(12)18)11-16-9-7-14-4-2-3-8-17-14/h2-6,8,10,16,18H,7,9,11H2,1H3. The molecule has 0 radical (unpaired) electrons. The number of aromatic nitrogens is 1. The molecule has 0 amide bonds. The molecule has 3 nitrogen and oxygen atoms in total. The summed E-state index contributed by atoms with van der Waals surface area (Å²) in [6.45, 7) is 3.62. The predicted molar refractivity (Wildman–Crippen MR) is 72.5 cm³/mol. The van der Waals surface area contributed by atoms with E-state index in [0.717, 1.165) is 30.8 Å². The van der Waals surface area contributed by atoms with Gasteiger partial charge in [0, 0.05) is 31.4 Å². The van der Waals surface area contributed by atoms with E-state index < -0.39 is 0 Å². The van der Waals surface area contributed by atoms with Gasteiger partial charge in [-0.3, -0.25) is 4.98 Å². The lowest BCUT2D eigenvalue weighted by Gasteiger charge is -2.06. The molecular weight excluding hydrogens is 224 g/mol. The summed E-state index contributed by atoms with van der Waals surface area (Å²) in [5.41, 5.74) is 3.21. The Morgan fingerprint density at radius 3 is 2.83 bits per heavy atom. The van der Waals surface area contributed by atoms with Gasteiger partial charge in [0.05, 0.1) is 0 Å². The lowest BCUT2D eigenvalue weighted by Crippen LogP contribution is -2.17. The van der Waals surface area contributed by atoms with Gasteiger partial charge in [-0.05, 0) is 36.2 Å². The number of hydrogen-bond donors (Lipinski definition) is 2. The van der Waals surface area contributed by atoms with E-state index in [0.29, 0.717) is 5.75 Å². The van der Waals surface area contributed by atoms with Crippen LogP contribution in [0.25, 0.3) is 0 Å². The van der Waals surface area contributed by atoms with Gasteiger partial charge in [0.25, 0.3) is 0 Å². The SMILES string of the molecule is Cc1cc(CNCCc2ccccn2)ccc1O. The molecule has 18 heavy (non-hydrogen) atoms. The molecule has 0 aliphatic carbocycles. The molecule has 1 aromatic heterocycles. The van der Waals surface area contributed by atoms with Crippen LogP contribution in [0.4, 0.5) is 0 Å². The van der Waals surface area contributed by atoms with Crippen molar-refractivity contribution in [3.8, 4) is 5.75 Å². The molecule has 2 rings (SSSR count). The van der Waals surface area contributed by atoms with Crippen LogP contribution in [0.5, 0.6) is 5.75 Å². The number of benzene rings is 1. The van der Waals surface area contributed by atoms with Crippen molar-refractivity contribution in [3.05, 3.63) is 59.4 Å². The van der Waals surface area contributed by atoms with Crippen LogP contribution in [0.15, 0.2) is 42.6 Å². The number of hydrogen-bond acceptors (Lipinski definition) is 3. The summed E-state index contributed by atoms with van der Waals surface area (Å²) in [6.07, 6.45) is 2.75. The van der Waals surface area contributed by atoms with Crippen molar-refractivity contribution in [2.45, 2.75) is 19.9 Å². The van der Waals surface area contributed by atoms with Gasteiger partial charge in [0.15, 0.2) is 0 Å². The first kappa shape index (κ1) is 12.6. The molecule has 0 fully saturated rings. The quantitative estimate of drug-likeness (QED) is 0.791. The molecule has 0 bridgehead atoms. The zero-order chi connectivity index (χ0) is 12.8. The van der Waals surface area contributed by atoms with E-state index in [1.165, 1.54) is 5.56 Å². The predicted octanol–water partition coefficient (Wildman–Crippen LogP) is 2.43. The van der Waals surface area contributed by atoms with Gasteiger partial charge in [-0.25, -0.2) is 0 Å². The molecule has 0 aliphatic rings. The average molecular weight is 242 g/mol. The van der Waals surface area contributed by atoms with Crippen LogP contribution in [0.3, 0.4) is 0 Å². The topological polar surface area (TPSA) is 45.2 Å². The van der Waals surface area contributed by atoms with Gasteiger partial charge in [0.2, 0.25) is 0 Å². The van der Waals surface area contributed by atoms with E-state index in [-0.39, 0.29) is 0 Å².